The molecule has 1 rings (SSSR count). The van der Waals surface area contributed by atoms with Crippen molar-refractivity contribution in [3.63, 3.8) is 0 Å². The number of benzene rings is 1. The molecule has 0 unspecified atom stereocenters. The van der Waals surface area contributed by atoms with Crippen LogP contribution in [0.1, 0.15) is 47.1 Å². The number of rotatable bonds is 1. The average molecular weight is 215 g/mol. The van der Waals surface area contributed by atoms with Crippen LogP contribution in [0, 0.1) is 16.9 Å². The molecule has 0 saturated carbocycles. The molecule has 0 heterocycles. The van der Waals surface area contributed by atoms with Crippen LogP contribution in [-0.4, -0.2) is 0 Å². The maximum Gasteiger partial charge on any atom is -0.0123 e. The lowest BCUT2D eigenvalue weighted by Gasteiger charge is -2.26. The highest BCUT2D eigenvalue weighted by molar-refractivity contribution is 5.68. The Kier molecular flexibility index (Phi) is 3.62. The molecule has 87 valence electrons. The molecule has 0 heteroatoms. The lowest BCUT2D eigenvalue weighted by Crippen LogP contribution is -2.13. The summed E-state index contributed by atoms with van der Waals surface area (Å²) >= 11 is 0. The highest BCUT2D eigenvalue weighted by Crippen LogP contribution is 2.36. The Bertz CT molecular complexity index is 355. The minimum Gasteiger partial charge on any atom is -0.0622 e. The van der Waals surface area contributed by atoms with E-state index in [1.54, 1.807) is 0 Å². The van der Waals surface area contributed by atoms with Gasteiger partial charge in [-0.15, -0.1) is 0 Å². The van der Waals surface area contributed by atoms with E-state index in [1.807, 2.05) is 0 Å². The summed E-state index contributed by atoms with van der Waals surface area (Å²) in [7, 11) is 0. The molecule has 0 aliphatic rings. The fraction of sp³-hybridized carbons (Fsp3) is 0.500. The summed E-state index contributed by atoms with van der Waals surface area (Å²) in [6, 6.07) is 10.6. The van der Waals surface area contributed by atoms with Gasteiger partial charge in [0.1, 0.15) is 0 Å². The standard InChI is InChI=1S/C16H23/c1-15(2,3)12-14(16(4,5)6)13-10-8-7-9-11-13/h7-11H,1-6H3. The topological polar surface area (TPSA) is 0 Å². The van der Waals surface area contributed by atoms with E-state index in [0.717, 1.165) is 0 Å². The number of hydrogen-bond donors (Lipinski definition) is 0. The smallest absolute Gasteiger partial charge is 0.0123 e. The first-order chi connectivity index (χ1) is 7.20. The van der Waals surface area contributed by atoms with Crippen LogP contribution in [0.4, 0.5) is 0 Å². The molecule has 0 atom stereocenters. The molecule has 0 aliphatic heterocycles. The van der Waals surface area contributed by atoms with Gasteiger partial charge < -0.3 is 0 Å². The molecule has 1 aromatic rings. The summed E-state index contributed by atoms with van der Waals surface area (Å²) in [5.74, 6) is 0. The van der Waals surface area contributed by atoms with Crippen LogP contribution in [0.2, 0.25) is 0 Å². The van der Waals surface area contributed by atoms with E-state index in [-0.39, 0.29) is 10.8 Å². The Balaban J connectivity index is 3.24. The molecule has 0 aromatic heterocycles. The van der Waals surface area contributed by atoms with Gasteiger partial charge in [0.2, 0.25) is 0 Å². The Morgan fingerprint density at radius 1 is 0.875 bits per heavy atom. The molecule has 0 nitrogen and oxygen atoms in total. The molecule has 1 aromatic carbocycles. The van der Waals surface area contributed by atoms with Crippen molar-refractivity contribution < 1.29 is 0 Å². The molecule has 16 heavy (non-hydrogen) atoms. The molecule has 0 spiro atoms. The summed E-state index contributed by atoms with van der Waals surface area (Å²) in [6.45, 7) is 13.3. The van der Waals surface area contributed by atoms with E-state index in [0.29, 0.717) is 0 Å². The molecule has 1 radical (unpaired) electrons. The third kappa shape index (κ3) is 3.84. The van der Waals surface area contributed by atoms with Gasteiger partial charge in [-0.25, -0.2) is 0 Å². The van der Waals surface area contributed by atoms with Gasteiger partial charge in [-0.2, -0.15) is 0 Å². The molecule has 0 amide bonds. The minimum absolute atomic E-state index is 0.0957. The van der Waals surface area contributed by atoms with Crippen LogP contribution in [0.5, 0.6) is 0 Å². The van der Waals surface area contributed by atoms with Crippen molar-refractivity contribution >= 4 is 5.57 Å². The largest absolute Gasteiger partial charge is 0.0622 e. The lowest BCUT2D eigenvalue weighted by atomic mass is 9.78. The number of allylic oxidation sites excluding steroid dienone is 2. The minimum atomic E-state index is 0.0957. The third-order valence-corrected chi connectivity index (χ3v) is 2.31. The Hall–Kier alpha value is -1.04. The Morgan fingerprint density at radius 3 is 1.75 bits per heavy atom. The predicted octanol–water partition coefficient (Wildman–Crippen LogP) is 4.97. The molecule has 0 saturated heterocycles. The Labute approximate surface area is 100 Å². The molecule has 0 aliphatic carbocycles. The van der Waals surface area contributed by atoms with Crippen molar-refractivity contribution in [3.05, 3.63) is 42.0 Å². The maximum absolute atomic E-state index is 3.63. The molecule has 0 fully saturated rings. The van der Waals surface area contributed by atoms with Crippen molar-refractivity contribution in [2.75, 3.05) is 0 Å². The average Bonchev–Trinajstić information content (AvgIpc) is 2.13. The van der Waals surface area contributed by atoms with Gasteiger partial charge >= 0.3 is 0 Å². The van der Waals surface area contributed by atoms with E-state index in [1.165, 1.54) is 11.1 Å². The SMILES string of the molecule is CC(C)(C)[C]=C(c1ccccc1)C(C)(C)C. The first kappa shape index (κ1) is 13.0. The maximum atomic E-state index is 3.63. The van der Waals surface area contributed by atoms with Crippen LogP contribution in [0.3, 0.4) is 0 Å². The van der Waals surface area contributed by atoms with E-state index < -0.39 is 0 Å². The zero-order valence-corrected chi connectivity index (χ0v) is 11.4. The van der Waals surface area contributed by atoms with Gasteiger partial charge in [0.25, 0.3) is 0 Å². The van der Waals surface area contributed by atoms with Crippen molar-refractivity contribution in [2.24, 2.45) is 10.8 Å². The summed E-state index contributed by atoms with van der Waals surface area (Å²) in [6.07, 6.45) is 3.63. The van der Waals surface area contributed by atoms with Crippen LogP contribution < -0.4 is 0 Å². The molecular formula is C16H23. The van der Waals surface area contributed by atoms with Gasteiger partial charge in [0, 0.05) is 0 Å². The highest BCUT2D eigenvalue weighted by Gasteiger charge is 2.21. The van der Waals surface area contributed by atoms with Gasteiger partial charge in [0.15, 0.2) is 0 Å². The second-order valence-electron chi connectivity index (χ2n) is 6.37. The zero-order chi connectivity index (χ0) is 12.4. The van der Waals surface area contributed by atoms with E-state index in [9.17, 15) is 0 Å². The van der Waals surface area contributed by atoms with Gasteiger partial charge in [-0.05, 0) is 28.0 Å². The lowest BCUT2D eigenvalue weighted by molar-refractivity contribution is 0.501. The van der Waals surface area contributed by atoms with Crippen molar-refractivity contribution in [1.29, 1.82) is 0 Å². The van der Waals surface area contributed by atoms with Crippen LogP contribution in [0.25, 0.3) is 5.57 Å². The van der Waals surface area contributed by atoms with E-state index in [2.05, 4.69) is 78.0 Å². The predicted molar refractivity (Wildman–Crippen MR) is 72.0 cm³/mol. The third-order valence-electron chi connectivity index (χ3n) is 2.31. The highest BCUT2D eigenvalue weighted by atomic mass is 14.3. The van der Waals surface area contributed by atoms with Gasteiger partial charge in [-0.1, -0.05) is 71.9 Å². The Morgan fingerprint density at radius 2 is 1.38 bits per heavy atom. The van der Waals surface area contributed by atoms with Gasteiger partial charge in [-0.3, -0.25) is 0 Å². The summed E-state index contributed by atoms with van der Waals surface area (Å²) in [4.78, 5) is 0. The van der Waals surface area contributed by atoms with Crippen LogP contribution >= 0.6 is 0 Å². The fourth-order valence-electron chi connectivity index (χ4n) is 1.67. The summed E-state index contributed by atoms with van der Waals surface area (Å²) in [5, 5.41) is 0. The molecule has 0 bridgehead atoms. The summed E-state index contributed by atoms with van der Waals surface area (Å²) in [5.41, 5.74) is 2.82. The van der Waals surface area contributed by atoms with E-state index in [4.69, 9.17) is 0 Å². The molecular weight excluding hydrogens is 192 g/mol. The van der Waals surface area contributed by atoms with Crippen molar-refractivity contribution in [3.8, 4) is 0 Å². The van der Waals surface area contributed by atoms with Crippen molar-refractivity contribution in [1.82, 2.24) is 0 Å². The number of hydrogen-bond acceptors (Lipinski definition) is 0. The first-order valence-corrected chi connectivity index (χ1v) is 5.91. The summed E-state index contributed by atoms with van der Waals surface area (Å²) < 4.78 is 0. The second-order valence-corrected chi connectivity index (χ2v) is 6.37. The zero-order valence-electron chi connectivity index (χ0n) is 11.4. The molecule has 0 N–H and O–H groups in total. The quantitative estimate of drug-likeness (QED) is 0.620. The van der Waals surface area contributed by atoms with Crippen LogP contribution in [-0.2, 0) is 0 Å². The second kappa shape index (κ2) is 4.45. The van der Waals surface area contributed by atoms with Crippen LogP contribution in [0.15, 0.2) is 30.3 Å². The van der Waals surface area contributed by atoms with Gasteiger partial charge in [0.05, 0.1) is 0 Å². The monoisotopic (exact) mass is 215 g/mol. The normalized spacial score (nSPS) is 14.0. The van der Waals surface area contributed by atoms with Crippen molar-refractivity contribution in [2.45, 2.75) is 41.5 Å². The van der Waals surface area contributed by atoms with E-state index >= 15 is 0 Å². The fourth-order valence-corrected chi connectivity index (χ4v) is 1.67. The first-order valence-electron chi connectivity index (χ1n) is 5.91.